The zero-order valence-electron chi connectivity index (χ0n) is 8.01. The van der Waals surface area contributed by atoms with Crippen LogP contribution in [-0.4, -0.2) is 33.1 Å². The Labute approximate surface area is 86.1 Å². The Morgan fingerprint density at radius 1 is 1.27 bits per heavy atom. The summed E-state index contributed by atoms with van der Waals surface area (Å²) in [5, 5.41) is 0. The van der Waals surface area contributed by atoms with Crippen molar-refractivity contribution in [1.29, 1.82) is 0 Å². The molecule has 3 rings (SSSR count). The van der Waals surface area contributed by atoms with Gasteiger partial charge in [-0.2, -0.15) is 0 Å². The van der Waals surface area contributed by atoms with E-state index >= 15 is 0 Å². The first-order chi connectivity index (χ1) is 7.27. The lowest BCUT2D eigenvalue weighted by molar-refractivity contribution is -0.122. The number of carbonyl (C=O) groups excluding carboxylic acids is 2. The molecule has 76 valence electrons. The molecular weight excluding hydrogens is 194 g/mol. The fourth-order valence-electron chi connectivity index (χ4n) is 2.21. The number of amides is 1. The Hall–Kier alpha value is -1.78. The molecule has 1 aromatic heterocycles. The molecule has 3 heterocycles. The minimum Gasteiger partial charge on any atom is -0.328 e. The van der Waals surface area contributed by atoms with Crippen LogP contribution in [0.25, 0.3) is 0 Å². The van der Waals surface area contributed by atoms with E-state index in [1.54, 1.807) is 11.1 Å². The predicted octanol–water partition coefficient (Wildman–Crippen LogP) is 0.336. The van der Waals surface area contributed by atoms with Crippen LogP contribution in [0, 0.1) is 0 Å². The summed E-state index contributed by atoms with van der Waals surface area (Å²) in [7, 11) is 0. The van der Waals surface area contributed by atoms with Crippen molar-refractivity contribution >= 4 is 11.7 Å². The summed E-state index contributed by atoms with van der Waals surface area (Å²) in [6.45, 7) is 0.500. The normalized spacial score (nSPS) is 24.0. The summed E-state index contributed by atoms with van der Waals surface area (Å²) < 4.78 is 0. The standard InChI is InChI=1S/C10H9N3O2/c14-6-1-4-13-7(5-6)8-9(10(13)15)12-3-2-11-8/h2-3,7H,1,4-5H2. The SMILES string of the molecule is O=C1CCN2C(=O)c3nccnc3C2C1. The summed E-state index contributed by atoms with van der Waals surface area (Å²) in [5.74, 6) is 0.109. The fourth-order valence-corrected chi connectivity index (χ4v) is 2.21. The molecule has 0 saturated carbocycles. The van der Waals surface area contributed by atoms with Gasteiger partial charge in [0.2, 0.25) is 0 Å². The molecule has 0 N–H and O–H groups in total. The highest BCUT2D eigenvalue weighted by molar-refractivity contribution is 5.98. The summed E-state index contributed by atoms with van der Waals surface area (Å²) >= 11 is 0. The van der Waals surface area contributed by atoms with Crippen LogP contribution in [0.2, 0.25) is 0 Å². The molecule has 1 unspecified atom stereocenters. The van der Waals surface area contributed by atoms with E-state index in [9.17, 15) is 9.59 Å². The Kier molecular flexibility index (Phi) is 1.62. The number of nitrogens with zero attached hydrogens (tertiary/aromatic N) is 3. The minimum absolute atomic E-state index is 0.0874. The van der Waals surface area contributed by atoms with E-state index in [1.807, 2.05) is 0 Å². The van der Waals surface area contributed by atoms with Crippen LogP contribution in [0.5, 0.6) is 0 Å². The van der Waals surface area contributed by atoms with Gasteiger partial charge in [-0.15, -0.1) is 0 Å². The number of piperidine rings is 1. The molecular formula is C10H9N3O2. The van der Waals surface area contributed by atoms with Gasteiger partial charge in [0.05, 0.1) is 11.7 Å². The molecule has 5 nitrogen and oxygen atoms in total. The van der Waals surface area contributed by atoms with Crippen molar-refractivity contribution in [2.45, 2.75) is 18.9 Å². The van der Waals surface area contributed by atoms with Crippen molar-refractivity contribution in [3.05, 3.63) is 23.8 Å². The Bertz CT molecular complexity index is 458. The first-order valence-corrected chi connectivity index (χ1v) is 4.91. The lowest BCUT2D eigenvalue weighted by atomic mass is 10.0. The van der Waals surface area contributed by atoms with Gasteiger partial charge in [-0.25, -0.2) is 4.98 Å². The third kappa shape index (κ3) is 1.09. The largest absolute Gasteiger partial charge is 0.328 e. The lowest BCUT2D eigenvalue weighted by Gasteiger charge is -2.28. The fraction of sp³-hybridized carbons (Fsp3) is 0.400. The molecule has 2 aliphatic heterocycles. The number of carbonyl (C=O) groups is 2. The van der Waals surface area contributed by atoms with Crippen molar-refractivity contribution in [1.82, 2.24) is 14.9 Å². The Balaban J connectivity index is 2.10. The Morgan fingerprint density at radius 2 is 2.07 bits per heavy atom. The second kappa shape index (κ2) is 2.85. The van der Waals surface area contributed by atoms with Crippen molar-refractivity contribution < 1.29 is 9.59 Å². The average Bonchev–Trinajstić information content (AvgIpc) is 2.54. The second-order valence-corrected chi connectivity index (χ2v) is 3.80. The number of Topliss-reactive ketones (excluding diaryl/α,β-unsaturated/α-hetero) is 1. The summed E-state index contributed by atoms with van der Waals surface area (Å²) in [5.41, 5.74) is 1.08. The number of aromatic nitrogens is 2. The van der Waals surface area contributed by atoms with E-state index in [4.69, 9.17) is 0 Å². The monoisotopic (exact) mass is 203 g/mol. The predicted molar refractivity (Wildman–Crippen MR) is 50.1 cm³/mol. The summed E-state index contributed by atoms with van der Waals surface area (Å²) in [4.78, 5) is 33.1. The molecule has 0 spiro atoms. The Morgan fingerprint density at radius 3 is 2.93 bits per heavy atom. The van der Waals surface area contributed by atoms with Gasteiger partial charge in [0.1, 0.15) is 5.78 Å². The average molecular weight is 203 g/mol. The highest BCUT2D eigenvalue weighted by atomic mass is 16.2. The molecule has 2 aliphatic rings. The topological polar surface area (TPSA) is 63.2 Å². The van der Waals surface area contributed by atoms with Crippen molar-refractivity contribution in [2.75, 3.05) is 6.54 Å². The van der Waals surface area contributed by atoms with E-state index < -0.39 is 0 Å². The molecule has 5 heteroatoms. The van der Waals surface area contributed by atoms with Gasteiger partial charge in [0, 0.05) is 31.8 Å². The van der Waals surface area contributed by atoms with Crippen LogP contribution in [-0.2, 0) is 4.79 Å². The van der Waals surface area contributed by atoms with Gasteiger partial charge in [-0.05, 0) is 0 Å². The lowest BCUT2D eigenvalue weighted by Crippen LogP contribution is -2.36. The minimum atomic E-state index is -0.164. The highest BCUT2D eigenvalue weighted by Crippen LogP contribution is 2.36. The van der Waals surface area contributed by atoms with Gasteiger partial charge in [-0.3, -0.25) is 14.6 Å². The molecule has 0 aliphatic carbocycles. The zero-order chi connectivity index (χ0) is 10.4. The van der Waals surface area contributed by atoms with Crippen LogP contribution < -0.4 is 0 Å². The van der Waals surface area contributed by atoms with Gasteiger partial charge in [0.15, 0.2) is 5.69 Å². The summed E-state index contributed by atoms with van der Waals surface area (Å²) in [6.07, 6.45) is 3.92. The highest BCUT2D eigenvalue weighted by Gasteiger charge is 2.42. The zero-order valence-corrected chi connectivity index (χ0v) is 8.01. The molecule has 1 aromatic rings. The van der Waals surface area contributed by atoms with Crippen molar-refractivity contribution in [2.24, 2.45) is 0 Å². The molecule has 1 atom stereocenters. The van der Waals surface area contributed by atoms with Crippen LogP contribution in [0.15, 0.2) is 12.4 Å². The first-order valence-electron chi connectivity index (χ1n) is 4.91. The molecule has 1 saturated heterocycles. The van der Waals surface area contributed by atoms with Gasteiger partial charge < -0.3 is 4.90 Å². The van der Waals surface area contributed by atoms with Crippen LogP contribution in [0.1, 0.15) is 35.1 Å². The molecule has 0 bridgehead atoms. The number of rotatable bonds is 0. The third-order valence-corrected chi connectivity index (χ3v) is 2.93. The maximum atomic E-state index is 11.8. The maximum absolute atomic E-state index is 11.8. The van der Waals surface area contributed by atoms with Crippen LogP contribution in [0.3, 0.4) is 0 Å². The number of ketones is 1. The number of fused-ring (bicyclic) bond motifs is 3. The van der Waals surface area contributed by atoms with Gasteiger partial charge >= 0.3 is 0 Å². The van der Waals surface area contributed by atoms with Gasteiger partial charge in [-0.1, -0.05) is 0 Å². The van der Waals surface area contributed by atoms with Crippen molar-refractivity contribution in [3.8, 4) is 0 Å². The third-order valence-electron chi connectivity index (χ3n) is 2.93. The summed E-state index contributed by atoms with van der Waals surface area (Å²) in [6, 6.07) is -0.164. The smallest absolute Gasteiger partial charge is 0.275 e. The quantitative estimate of drug-likeness (QED) is 0.609. The molecule has 0 radical (unpaired) electrons. The molecule has 1 fully saturated rings. The maximum Gasteiger partial charge on any atom is 0.275 e. The van der Waals surface area contributed by atoms with Crippen LogP contribution in [0.4, 0.5) is 0 Å². The van der Waals surface area contributed by atoms with Crippen LogP contribution >= 0.6 is 0 Å². The molecule has 1 amide bonds. The molecule has 0 aromatic carbocycles. The van der Waals surface area contributed by atoms with Gasteiger partial charge in [0.25, 0.3) is 5.91 Å². The van der Waals surface area contributed by atoms with E-state index in [0.29, 0.717) is 30.8 Å². The van der Waals surface area contributed by atoms with E-state index in [2.05, 4.69) is 9.97 Å². The number of hydrogen-bond acceptors (Lipinski definition) is 4. The van der Waals surface area contributed by atoms with Crippen molar-refractivity contribution in [3.63, 3.8) is 0 Å². The van der Waals surface area contributed by atoms with E-state index in [1.165, 1.54) is 6.20 Å². The van der Waals surface area contributed by atoms with E-state index in [0.717, 1.165) is 0 Å². The second-order valence-electron chi connectivity index (χ2n) is 3.80. The number of hydrogen-bond donors (Lipinski definition) is 0. The first kappa shape index (κ1) is 8.52. The molecule has 15 heavy (non-hydrogen) atoms. The van der Waals surface area contributed by atoms with E-state index in [-0.39, 0.29) is 17.7 Å².